The van der Waals surface area contributed by atoms with Crippen molar-refractivity contribution in [2.24, 2.45) is 0 Å². The minimum Gasteiger partial charge on any atom is -0.373 e. The van der Waals surface area contributed by atoms with E-state index >= 15 is 0 Å². The predicted octanol–water partition coefficient (Wildman–Crippen LogP) is 5.07. The Morgan fingerprint density at radius 2 is 2.00 bits per heavy atom. The summed E-state index contributed by atoms with van der Waals surface area (Å²) >= 11 is 1.61. The van der Waals surface area contributed by atoms with Crippen LogP contribution in [0.15, 0.2) is 47.8 Å². The monoisotopic (exact) mass is 364 g/mol. The van der Waals surface area contributed by atoms with Crippen LogP contribution in [0.4, 0.5) is 11.4 Å². The highest BCUT2D eigenvalue weighted by Crippen LogP contribution is 2.30. The molecule has 1 aromatic heterocycles. The number of nitrogens with zero attached hydrogens (tertiary/aromatic N) is 3. The first kappa shape index (κ1) is 17.6. The molecule has 0 amide bonds. The summed E-state index contributed by atoms with van der Waals surface area (Å²) in [5.41, 5.74) is 3.53. The summed E-state index contributed by atoms with van der Waals surface area (Å²) in [5.74, 6) is 0. The molecule has 0 aliphatic rings. The van der Waals surface area contributed by atoms with Crippen LogP contribution in [0, 0.1) is 28.4 Å². The second-order valence-corrected chi connectivity index (χ2v) is 6.90. The Labute approximate surface area is 154 Å². The second kappa shape index (κ2) is 7.33. The second-order valence-electron chi connectivity index (χ2n) is 5.84. The van der Waals surface area contributed by atoms with Gasteiger partial charge in [-0.05, 0) is 31.5 Å². The van der Waals surface area contributed by atoms with E-state index in [0.717, 1.165) is 21.8 Å². The highest BCUT2D eigenvalue weighted by atomic mass is 32.1. The maximum absolute atomic E-state index is 11.3. The van der Waals surface area contributed by atoms with Gasteiger partial charge in [-0.25, -0.2) is 4.98 Å². The van der Waals surface area contributed by atoms with E-state index in [0.29, 0.717) is 5.69 Å². The SMILES string of the molecule is Cc1nc(-c2ccc(C(C)Nc3ccc(C#N)cc3[N+](=O)[O-])cc2)cs1. The Kier molecular flexibility index (Phi) is 4.96. The Morgan fingerprint density at radius 3 is 2.58 bits per heavy atom. The lowest BCUT2D eigenvalue weighted by Gasteiger charge is -2.16. The van der Waals surface area contributed by atoms with Gasteiger partial charge in [0, 0.05) is 23.1 Å². The number of anilines is 1. The Hall–Kier alpha value is -3.24. The number of aryl methyl sites for hydroxylation is 1. The number of nitriles is 1. The number of nitro groups is 1. The number of thiazole rings is 1. The van der Waals surface area contributed by atoms with E-state index in [-0.39, 0.29) is 17.3 Å². The van der Waals surface area contributed by atoms with Gasteiger partial charge in [0.25, 0.3) is 5.69 Å². The Balaban J connectivity index is 1.81. The lowest BCUT2D eigenvalue weighted by atomic mass is 10.0. The normalized spacial score (nSPS) is 11.6. The number of nitrogens with one attached hydrogen (secondary N) is 1. The fourth-order valence-electron chi connectivity index (χ4n) is 2.63. The first-order valence-electron chi connectivity index (χ1n) is 7.95. The Morgan fingerprint density at radius 1 is 1.27 bits per heavy atom. The van der Waals surface area contributed by atoms with Crippen LogP contribution in [0.2, 0.25) is 0 Å². The highest BCUT2D eigenvalue weighted by Gasteiger charge is 2.17. The van der Waals surface area contributed by atoms with Gasteiger partial charge in [-0.3, -0.25) is 10.1 Å². The van der Waals surface area contributed by atoms with E-state index in [4.69, 9.17) is 5.26 Å². The van der Waals surface area contributed by atoms with Crippen LogP contribution in [0.1, 0.15) is 29.1 Å². The number of aromatic nitrogens is 1. The molecule has 1 atom stereocenters. The van der Waals surface area contributed by atoms with Gasteiger partial charge in [-0.15, -0.1) is 11.3 Å². The van der Waals surface area contributed by atoms with Gasteiger partial charge < -0.3 is 5.32 Å². The first-order chi connectivity index (χ1) is 12.5. The van der Waals surface area contributed by atoms with Crippen LogP contribution < -0.4 is 5.32 Å². The van der Waals surface area contributed by atoms with Gasteiger partial charge in [-0.2, -0.15) is 5.26 Å². The van der Waals surface area contributed by atoms with Crippen molar-refractivity contribution in [3.05, 3.63) is 74.1 Å². The summed E-state index contributed by atoms with van der Waals surface area (Å²) in [5, 5.41) is 26.4. The van der Waals surface area contributed by atoms with Gasteiger partial charge in [0.2, 0.25) is 0 Å². The van der Waals surface area contributed by atoms with E-state index in [1.165, 1.54) is 6.07 Å². The molecule has 2 aromatic carbocycles. The molecule has 130 valence electrons. The molecule has 0 saturated carbocycles. The summed E-state index contributed by atoms with van der Waals surface area (Å²) in [7, 11) is 0. The van der Waals surface area contributed by atoms with Crippen LogP contribution in [-0.4, -0.2) is 9.91 Å². The van der Waals surface area contributed by atoms with Gasteiger partial charge in [0.1, 0.15) is 5.69 Å². The van der Waals surface area contributed by atoms with Crippen molar-refractivity contribution in [2.45, 2.75) is 19.9 Å². The van der Waals surface area contributed by atoms with Crippen molar-refractivity contribution in [2.75, 3.05) is 5.32 Å². The van der Waals surface area contributed by atoms with E-state index in [2.05, 4.69) is 10.3 Å². The number of hydrogen-bond acceptors (Lipinski definition) is 6. The summed E-state index contributed by atoms with van der Waals surface area (Å²) in [6.07, 6.45) is 0. The van der Waals surface area contributed by atoms with E-state index < -0.39 is 4.92 Å². The van der Waals surface area contributed by atoms with Crippen LogP contribution in [-0.2, 0) is 0 Å². The van der Waals surface area contributed by atoms with Crippen molar-refractivity contribution in [3.63, 3.8) is 0 Å². The molecule has 0 radical (unpaired) electrons. The fraction of sp³-hybridized carbons (Fsp3) is 0.158. The molecular weight excluding hydrogens is 348 g/mol. The average molecular weight is 364 g/mol. The van der Waals surface area contributed by atoms with Gasteiger partial charge in [0.15, 0.2) is 0 Å². The molecule has 0 aliphatic heterocycles. The third-order valence-electron chi connectivity index (χ3n) is 4.02. The van der Waals surface area contributed by atoms with Crippen LogP contribution >= 0.6 is 11.3 Å². The molecule has 1 heterocycles. The Bertz CT molecular complexity index is 990. The first-order valence-corrected chi connectivity index (χ1v) is 8.83. The van der Waals surface area contributed by atoms with Crippen molar-refractivity contribution in [1.29, 1.82) is 5.26 Å². The zero-order chi connectivity index (χ0) is 18.7. The molecule has 0 fully saturated rings. The largest absolute Gasteiger partial charge is 0.373 e. The third kappa shape index (κ3) is 3.71. The predicted molar refractivity (Wildman–Crippen MR) is 102 cm³/mol. The van der Waals surface area contributed by atoms with Crippen molar-refractivity contribution < 1.29 is 4.92 Å². The molecule has 1 unspecified atom stereocenters. The molecule has 3 rings (SSSR count). The van der Waals surface area contributed by atoms with E-state index in [1.54, 1.807) is 23.5 Å². The topological polar surface area (TPSA) is 91.8 Å². The zero-order valence-corrected chi connectivity index (χ0v) is 15.1. The number of benzene rings is 2. The summed E-state index contributed by atoms with van der Waals surface area (Å²) in [4.78, 5) is 15.3. The minimum absolute atomic E-state index is 0.106. The molecule has 0 saturated heterocycles. The number of hydrogen-bond donors (Lipinski definition) is 1. The van der Waals surface area contributed by atoms with Crippen LogP contribution in [0.25, 0.3) is 11.3 Å². The molecule has 1 N–H and O–H groups in total. The maximum atomic E-state index is 11.3. The fourth-order valence-corrected chi connectivity index (χ4v) is 3.25. The maximum Gasteiger partial charge on any atom is 0.293 e. The lowest BCUT2D eigenvalue weighted by molar-refractivity contribution is -0.384. The lowest BCUT2D eigenvalue weighted by Crippen LogP contribution is -2.08. The minimum atomic E-state index is -0.483. The molecule has 0 aliphatic carbocycles. The molecular formula is C19H16N4O2S. The highest BCUT2D eigenvalue weighted by molar-refractivity contribution is 7.09. The van der Waals surface area contributed by atoms with Gasteiger partial charge >= 0.3 is 0 Å². The number of rotatable bonds is 5. The molecule has 6 nitrogen and oxygen atoms in total. The summed E-state index contributed by atoms with van der Waals surface area (Å²) in [6.45, 7) is 3.91. The summed E-state index contributed by atoms with van der Waals surface area (Å²) in [6, 6.07) is 14.2. The standard InChI is InChI=1S/C19H16N4O2S/c1-12(21-17-8-3-14(10-20)9-19(17)23(24)25)15-4-6-16(7-5-15)18-11-26-13(2)22-18/h3-9,11-12,21H,1-2H3. The van der Waals surface area contributed by atoms with E-state index in [9.17, 15) is 10.1 Å². The average Bonchev–Trinajstić information content (AvgIpc) is 3.08. The van der Waals surface area contributed by atoms with Crippen molar-refractivity contribution in [1.82, 2.24) is 4.98 Å². The zero-order valence-electron chi connectivity index (χ0n) is 14.3. The van der Waals surface area contributed by atoms with E-state index in [1.807, 2.05) is 49.6 Å². The molecule has 0 bridgehead atoms. The number of nitro benzene ring substituents is 1. The smallest absolute Gasteiger partial charge is 0.293 e. The third-order valence-corrected chi connectivity index (χ3v) is 4.79. The van der Waals surface area contributed by atoms with Gasteiger partial charge in [-0.1, -0.05) is 24.3 Å². The van der Waals surface area contributed by atoms with Crippen LogP contribution in [0.5, 0.6) is 0 Å². The molecule has 3 aromatic rings. The molecule has 26 heavy (non-hydrogen) atoms. The van der Waals surface area contributed by atoms with Crippen molar-refractivity contribution >= 4 is 22.7 Å². The molecule has 0 spiro atoms. The van der Waals surface area contributed by atoms with Gasteiger partial charge in [0.05, 0.1) is 27.3 Å². The summed E-state index contributed by atoms with van der Waals surface area (Å²) < 4.78 is 0. The van der Waals surface area contributed by atoms with Crippen molar-refractivity contribution in [3.8, 4) is 17.3 Å². The van der Waals surface area contributed by atoms with Crippen LogP contribution in [0.3, 0.4) is 0 Å². The molecule has 7 heteroatoms. The quantitative estimate of drug-likeness (QED) is 0.504.